The number of carbonyl (C=O) groups is 2. The number of anilines is 1. The minimum absolute atomic E-state index is 0.0504. The van der Waals surface area contributed by atoms with Crippen molar-refractivity contribution >= 4 is 50.6 Å². The average molecular weight is 567 g/mol. The molecule has 0 saturated carbocycles. The van der Waals surface area contributed by atoms with Gasteiger partial charge in [0.2, 0.25) is 15.9 Å². The van der Waals surface area contributed by atoms with Gasteiger partial charge in [-0.3, -0.25) is 9.59 Å². The summed E-state index contributed by atoms with van der Waals surface area (Å²) >= 11 is 12.5. The van der Waals surface area contributed by atoms with Gasteiger partial charge in [0.25, 0.3) is 0 Å². The fourth-order valence-electron chi connectivity index (χ4n) is 3.81. The maximum absolute atomic E-state index is 13.6. The molecular formula is C29H24Cl2N2O4S. The lowest BCUT2D eigenvalue weighted by Gasteiger charge is -2.23. The number of hydrogen-bond acceptors (Lipinski definition) is 4. The number of halogens is 2. The summed E-state index contributed by atoms with van der Waals surface area (Å²) in [4.78, 5) is 26.4. The first-order valence-electron chi connectivity index (χ1n) is 11.6. The number of sulfonamides is 1. The summed E-state index contributed by atoms with van der Waals surface area (Å²) in [6, 6.07) is 26.3. The number of amides is 1. The van der Waals surface area contributed by atoms with Crippen molar-refractivity contribution in [2.75, 3.05) is 11.9 Å². The number of ketones is 1. The van der Waals surface area contributed by atoms with Crippen molar-refractivity contribution in [1.82, 2.24) is 4.31 Å². The minimum atomic E-state index is -4.07. The molecule has 4 rings (SSSR count). The van der Waals surface area contributed by atoms with Crippen LogP contribution < -0.4 is 5.32 Å². The van der Waals surface area contributed by atoms with E-state index in [0.29, 0.717) is 21.2 Å². The zero-order chi connectivity index (χ0) is 27.3. The second-order valence-electron chi connectivity index (χ2n) is 8.61. The highest BCUT2D eigenvalue weighted by Crippen LogP contribution is 2.26. The van der Waals surface area contributed by atoms with Gasteiger partial charge in [-0.2, -0.15) is 4.31 Å². The molecule has 0 saturated heterocycles. The van der Waals surface area contributed by atoms with Crippen LogP contribution in [0.2, 0.25) is 10.0 Å². The number of nitrogens with zero attached hydrogens (tertiary/aromatic N) is 1. The lowest BCUT2D eigenvalue weighted by Crippen LogP contribution is -2.37. The molecule has 0 heterocycles. The lowest BCUT2D eigenvalue weighted by atomic mass is 10.0. The molecule has 38 heavy (non-hydrogen) atoms. The maximum Gasteiger partial charge on any atom is 0.243 e. The second kappa shape index (κ2) is 11.9. The third-order valence-corrected chi connectivity index (χ3v) is 8.23. The molecule has 0 fully saturated rings. The quantitative estimate of drug-likeness (QED) is 0.239. The van der Waals surface area contributed by atoms with E-state index >= 15 is 0 Å². The summed E-state index contributed by atoms with van der Waals surface area (Å²) in [7, 11) is -4.07. The van der Waals surface area contributed by atoms with Gasteiger partial charge in [0, 0.05) is 27.7 Å². The topological polar surface area (TPSA) is 83.6 Å². The highest BCUT2D eigenvalue weighted by molar-refractivity contribution is 7.89. The molecule has 0 unspecified atom stereocenters. The average Bonchev–Trinajstić information content (AvgIpc) is 2.91. The fourth-order valence-corrected chi connectivity index (χ4v) is 5.55. The molecule has 4 aromatic carbocycles. The molecule has 0 aliphatic carbocycles. The van der Waals surface area contributed by atoms with Crippen molar-refractivity contribution in [2.24, 2.45) is 0 Å². The second-order valence-corrected chi connectivity index (χ2v) is 11.4. The van der Waals surface area contributed by atoms with Crippen molar-refractivity contribution < 1.29 is 18.0 Å². The molecule has 1 N–H and O–H groups in total. The van der Waals surface area contributed by atoms with Crippen LogP contribution in [0, 0.1) is 6.92 Å². The maximum atomic E-state index is 13.6. The van der Waals surface area contributed by atoms with E-state index < -0.39 is 22.5 Å². The molecule has 6 nitrogen and oxygen atoms in total. The number of hydrogen-bond donors (Lipinski definition) is 1. The van der Waals surface area contributed by atoms with Crippen LogP contribution in [0.3, 0.4) is 0 Å². The Morgan fingerprint density at radius 1 is 0.842 bits per heavy atom. The van der Waals surface area contributed by atoms with Crippen LogP contribution >= 0.6 is 23.2 Å². The molecule has 0 aromatic heterocycles. The van der Waals surface area contributed by atoms with Gasteiger partial charge in [0.15, 0.2) is 5.78 Å². The smallest absolute Gasteiger partial charge is 0.243 e. The summed E-state index contributed by atoms with van der Waals surface area (Å²) in [5, 5.41) is 3.40. The summed E-state index contributed by atoms with van der Waals surface area (Å²) in [5.41, 5.74) is 2.28. The first-order valence-corrected chi connectivity index (χ1v) is 13.8. The molecule has 0 atom stereocenters. The van der Waals surface area contributed by atoms with Crippen molar-refractivity contribution in [2.45, 2.75) is 18.4 Å². The van der Waals surface area contributed by atoms with Gasteiger partial charge in [-0.25, -0.2) is 8.42 Å². The standard InChI is InChI=1S/C29H24Cl2N2O4S/c1-20-11-14-24(15-12-20)38(36,37)33(18-22-9-5-6-10-26(22)31)19-28(34)32-27-16-13-23(30)17-25(27)29(35)21-7-3-2-4-8-21/h2-17H,18-19H2,1H3,(H,32,34). The summed E-state index contributed by atoms with van der Waals surface area (Å²) in [5.74, 6) is -0.958. The Morgan fingerprint density at radius 3 is 2.18 bits per heavy atom. The molecule has 0 bridgehead atoms. The van der Waals surface area contributed by atoms with E-state index in [9.17, 15) is 18.0 Å². The largest absolute Gasteiger partial charge is 0.324 e. The third kappa shape index (κ3) is 6.49. The zero-order valence-electron chi connectivity index (χ0n) is 20.4. The van der Waals surface area contributed by atoms with Gasteiger partial charge in [0.05, 0.1) is 17.1 Å². The highest BCUT2D eigenvalue weighted by Gasteiger charge is 2.28. The lowest BCUT2D eigenvalue weighted by molar-refractivity contribution is -0.116. The van der Waals surface area contributed by atoms with Crippen LogP contribution in [0.1, 0.15) is 27.0 Å². The van der Waals surface area contributed by atoms with Crippen molar-refractivity contribution in [3.63, 3.8) is 0 Å². The van der Waals surface area contributed by atoms with Crippen LogP contribution in [-0.2, 0) is 21.4 Å². The van der Waals surface area contributed by atoms with Crippen LogP contribution in [0.5, 0.6) is 0 Å². The van der Waals surface area contributed by atoms with Gasteiger partial charge in [-0.1, -0.05) is 89.4 Å². The monoisotopic (exact) mass is 566 g/mol. The van der Waals surface area contributed by atoms with Crippen LogP contribution in [0.4, 0.5) is 5.69 Å². The SMILES string of the molecule is Cc1ccc(S(=O)(=O)N(CC(=O)Nc2ccc(Cl)cc2C(=O)c2ccccc2)Cc2ccccc2Cl)cc1. The molecule has 1 amide bonds. The van der Waals surface area contributed by atoms with Crippen LogP contribution in [0.15, 0.2) is 102 Å². The molecule has 0 aliphatic heterocycles. The third-order valence-electron chi connectivity index (χ3n) is 5.82. The van der Waals surface area contributed by atoms with Gasteiger partial charge in [0.1, 0.15) is 0 Å². The molecule has 0 aliphatic rings. The molecule has 9 heteroatoms. The minimum Gasteiger partial charge on any atom is -0.324 e. The molecular weight excluding hydrogens is 543 g/mol. The Morgan fingerprint density at radius 2 is 1.50 bits per heavy atom. The number of rotatable bonds is 9. The van der Waals surface area contributed by atoms with E-state index in [0.717, 1.165) is 9.87 Å². The highest BCUT2D eigenvalue weighted by atomic mass is 35.5. The summed E-state index contributed by atoms with van der Waals surface area (Å²) < 4.78 is 28.2. The predicted octanol–water partition coefficient (Wildman–Crippen LogP) is 6.36. The van der Waals surface area contributed by atoms with Gasteiger partial charge in [-0.05, 0) is 48.9 Å². The normalized spacial score (nSPS) is 11.4. The molecule has 0 spiro atoms. The Balaban J connectivity index is 1.64. The van der Waals surface area contributed by atoms with E-state index in [2.05, 4.69) is 5.32 Å². The van der Waals surface area contributed by atoms with Crippen molar-refractivity contribution in [3.8, 4) is 0 Å². The summed E-state index contributed by atoms with van der Waals surface area (Å²) in [6.07, 6.45) is 0. The Labute approximate surface area is 231 Å². The van der Waals surface area contributed by atoms with E-state index in [-0.39, 0.29) is 28.5 Å². The number of nitrogens with one attached hydrogen (secondary N) is 1. The van der Waals surface area contributed by atoms with E-state index in [1.807, 2.05) is 6.92 Å². The van der Waals surface area contributed by atoms with Gasteiger partial charge >= 0.3 is 0 Å². The Hall–Kier alpha value is -3.49. The molecule has 0 radical (unpaired) electrons. The van der Waals surface area contributed by atoms with E-state index in [1.165, 1.54) is 24.3 Å². The number of aryl methyl sites for hydroxylation is 1. The van der Waals surface area contributed by atoms with E-state index in [1.54, 1.807) is 72.8 Å². The Bertz CT molecular complexity index is 1570. The molecule has 4 aromatic rings. The zero-order valence-corrected chi connectivity index (χ0v) is 22.7. The predicted molar refractivity (Wildman–Crippen MR) is 150 cm³/mol. The van der Waals surface area contributed by atoms with E-state index in [4.69, 9.17) is 23.2 Å². The van der Waals surface area contributed by atoms with Gasteiger partial charge in [-0.15, -0.1) is 0 Å². The van der Waals surface area contributed by atoms with Crippen molar-refractivity contribution in [1.29, 1.82) is 0 Å². The molecule has 194 valence electrons. The first kappa shape index (κ1) is 27.5. The number of carbonyl (C=O) groups excluding carboxylic acids is 2. The fraction of sp³-hybridized carbons (Fsp3) is 0.103. The van der Waals surface area contributed by atoms with Gasteiger partial charge < -0.3 is 5.32 Å². The number of benzene rings is 4. The summed E-state index contributed by atoms with van der Waals surface area (Å²) in [6.45, 7) is 1.22. The van der Waals surface area contributed by atoms with Crippen molar-refractivity contribution in [3.05, 3.63) is 129 Å². The first-order chi connectivity index (χ1) is 18.1. The van der Waals surface area contributed by atoms with Crippen LogP contribution in [0.25, 0.3) is 0 Å². The Kier molecular flexibility index (Phi) is 8.64. The van der Waals surface area contributed by atoms with Crippen LogP contribution in [-0.4, -0.2) is 31.0 Å².